The highest BCUT2D eigenvalue weighted by Gasteiger charge is 2.18. The fraction of sp³-hybridized carbons (Fsp3) is 0.321. The van der Waals surface area contributed by atoms with Crippen molar-refractivity contribution >= 4 is 22.2 Å². The van der Waals surface area contributed by atoms with Crippen molar-refractivity contribution in [2.24, 2.45) is 5.92 Å². The average Bonchev–Trinajstić information content (AvgIpc) is 3.37. The quantitative estimate of drug-likeness (QED) is 0.244. The molecule has 2 N–H and O–H groups in total. The van der Waals surface area contributed by atoms with E-state index in [0.29, 0.717) is 23.8 Å². The smallest absolute Gasteiger partial charge is 0.260 e. The molecule has 0 amide bonds. The molecule has 0 aliphatic carbocycles. The molecule has 0 saturated carbocycles. The van der Waals surface area contributed by atoms with Gasteiger partial charge in [-0.05, 0) is 66.6 Å². The molecule has 0 spiro atoms. The van der Waals surface area contributed by atoms with Gasteiger partial charge in [0.25, 0.3) is 5.56 Å². The Hall–Kier alpha value is -2.89. The van der Waals surface area contributed by atoms with Crippen LogP contribution in [0.4, 0.5) is 0 Å². The van der Waals surface area contributed by atoms with Crippen molar-refractivity contribution in [3.05, 3.63) is 76.4 Å². The number of pyridine rings is 1. The van der Waals surface area contributed by atoms with Gasteiger partial charge in [0, 0.05) is 10.3 Å². The van der Waals surface area contributed by atoms with E-state index in [2.05, 4.69) is 42.3 Å². The summed E-state index contributed by atoms with van der Waals surface area (Å²) < 4.78 is 6.44. The number of nitrogens with one attached hydrogen (secondary N) is 2. The summed E-state index contributed by atoms with van der Waals surface area (Å²) >= 11 is 1.56. The van der Waals surface area contributed by atoms with Crippen LogP contribution < -0.4 is 15.6 Å². The van der Waals surface area contributed by atoms with Gasteiger partial charge in [-0.3, -0.25) is 4.79 Å². The van der Waals surface area contributed by atoms with E-state index in [-0.39, 0.29) is 5.56 Å². The molecule has 4 aromatic rings. The van der Waals surface area contributed by atoms with Crippen molar-refractivity contribution in [2.75, 3.05) is 19.7 Å². The van der Waals surface area contributed by atoms with Crippen molar-refractivity contribution in [1.29, 1.82) is 0 Å². The van der Waals surface area contributed by atoms with E-state index in [4.69, 9.17) is 4.74 Å². The van der Waals surface area contributed by atoms with Crippen LogP contribution in [0.15, 0.2) is 70.8 Å². The fourth-order valence-corrected chi connectivity index (χ4v) is 4.72. The second-order valence-electron chi connectivity index (χ2n) is 8.57. The number of ether oxygens (including phenoxy) is 1. The van der Waals surface area contributed by atoms with Gasteiger partial charge in [-0.2, -0.15) is 0 Å². The van der Waals surface area contributed by atoms with Crippen molar-refractivity contribution in [3.8, 4) is 27.3 Å². The standard InChI is InChI=1S/C28H32N2O2S/c1-3-4-15-29-16-14-20(2)19-32-27-23-18-22(21-9-6-5-7-10-21)12-13-24(23)30-28(31)26(27)25-11-8-17-33-25/h5-13,17-18,20,29H,3-4,14-16,19H2,1-2H3,(H,30,31). The van der Waals surface area contributed by atoms with E-state index in [1.807, 2.05) is 47.8 Å². The number of benzene rings is 2. The summed E-state index contributed by atoms with van der Waals surface area (Å²) in [6.07, 6.45) is 3.45. The molecule has 33 heavy (non-hydrogen) atoms. The first-order valence-corrected chi connectivity index (χ1v) is 12.7. The molecule has 0 aliphatic rings. The fourth-order valence-electron chi connectivity index (χ4n) is 3.95. The van der Waals surface area contributed by atoms with Gasteiger partial charge in [-0.25, -0.2) is 0 Å². The van der Waals surface area contributed by atoms with Crippen LogP contribution >= 0.6 is 11.3 Å². The van der Waals surface area contributed by atoms with E-state index in [0.717, 1.165) is 46.4 Å². The molecular formula is C28H32N2O2S. The first-order valence-electron chi connectivity index (χ1n) is 11.8. The lowest BCUT2D eigenvalue weighted by atomic mass is 10.0. The Morgan fingerprint density at radius 1 is 1.03 bits per heavy atom. The number of fused-ring (bicyclic) bond motifs is 1. The highest BCUT2D eigenvalue weighted by molar-refractivity contribution is 7.13. The van der Waals surface area contributed by atoms with Crippen molar-refractivity contribution in [3.63, 3.8) is 0 Å². The molecular weight excluding hydrogens is 428 g/mol. The van der Waals surface area contributed by atoms with E-state index in [1.54, 1.807) is 11.3 Å². The van der Waals surface area contributed by atoms with Gasteiger partial charge >= 0.3 is 0 Å². The van der Waals surface area contributed by atoms with Crippen LogP contribution in [0.3, 0.4) is 0 Å². The number of thiophene rings is 1. The minimum atomic E-state index is -0.110. The molecule has 172 valence electrons. The zero-order valence-electron chi connectivity index (χ0n) is 19.4. The number of aromatic amines is 1. The minimum Gasteiger partial charge on any atom is -0.492 e. The van der Waals surface area contributed by atoms with Crippen LogP contribution in [0.1, 0.15) is 33.1 Å². The highest BCUT2D eigenvalue weighted by atomic mass is 32.1. The van der Waals surface area contributed by atoms with E-state index < -0.39 is 0 Å². The summed E-state index contributed by atoms with van der Waals surface area (Å²) in [5, 5.41) is 6.44. The third kappa shape index (κ3) is 5.73. The summed E-state index contributed by atoms with van der Waals surface area (Å²) in [5.41, 5.74) is 3.55. The molecule has 0 radical (unpaired) electrons. The second kappa shape index (κ2) is 11.3. The lowest BCUT2D eigenvalue weighted by Crippen LogP contribution is -2.21. The molecule has 0 bridgehead atoms. The molecule has 5 heteroatoms. The first-order chi connectivity index (χ1) is 16.2. The van der Waals surface area contributed by atoms with Gasteiger partial charge in [-0.1, -0.05) is 62.7 Å². The molecule has 2 aromatic heterocycles. The van der Waals surface area contributed by atoms with Crippen LogP contribution in [0.25, 0.3) is 32.5 Å². The average molecular weight is 461 g/mol. The Morgan fingerprint density at radius 3 is 2.64 bits per heavy atom. The normalized spacial score (nSPS) is 12.2. The molecule has 2 heterocycles. The molecule has 0 aliphatic heterocycles. The van der Waals surface area contributed by atoms with E-state index >= 15 is 0 Å². The third-order valence-corrected chi connectivity index (χ3v) is 6.76. The summed E-state index contributed by atoms with van der Waals surface area (Å²) in [6.45, 7) is 7.03. The second-order valence-corrected chi connectivity index (χ2v) is 9.52. The summed E-state index contributed by atoms with van der Waals surface area (Å²) in [4.78, 5) is 17.1. The summed E-state index contributed by atoms with van der Waals surface area (Å²) in [5.74, 6) is 1.06. The molecule has 4 rings (SSSR count). The highest BCUT2D eigenvalue weighted by Crippen LogP contribution is 2.37. The Bertz CT molecular complexity index is 1220. The van der Waals surface area contributed by atoms with E-state index in [9.17, 15) is 4.79 Å². The molecule has 1 unspecified atom stereocenters. The topological polar surface area (TPSA) is 54.1 Å². The van der Waals surface area contributed by atoms with Crippen LogP contribution in [0, 0.1) is 5.92 Å². The van der Waals surface area contributed by atoms with Crippen LogP contribution in [0.2, 0.25) is 0 Å². The van der Waals surface area contributed by atoms with Crippen LogP contribution in [0.5, 0.6) is 5.75 Å². The zero-order valence-corrected chi connectivity index (χ0v) is 20.2. The third-order valence-electron chi connectivity index (χ3n) is 5.87. The van der Waals surface area contributed by atoms with Gasteiger partial charge in [0.2, 0.25) is 0 Å². The maximum atomic E-state index is 13.1. The van der Waals surface area contributed by atoms with Gasteiger partial charge in [0.1, 0.15) is 5.75 Å². The Morgan fingerprint density at radius 2 is 1.88 bits per heavy atom. The lowest BCUT2D eigenvalue weighted by Gasteiger charge is -2.17. The summed E-state index contributed by atoms with van der Waals surface area (Å²) in [7, 11) is 0. The number of rotatable bonds is 11. The first kappa shape index (κ1) is 23.3. The maximum absolute atomic E-state index is 13.1. The monoisotopic (exact) mass is 460 g/mol. The number of hydrogen-bond donors (Lipinski definition) is 2. The zero-order chi connectivity index (χ0) is 23.0. The number of unbranched alkanes of at least 4 members (excludes halogenated alkanes) is 1. The largest absolute Gasteiger partial charge is 0.492 e. The predicted octanol–water partition coefficient (Wildman–Crippen LogP) is 6.72. The molecule has 2 aromatic carbocycles. The molecule has 1 atom stereocenters. The lowest BCUT2D eigenvalue weighted by molar-refractivity contribution is 0.254. The van der Waals surface area contributed by atoms with Crippen molar-refractivity contribution < 1.29 is 4.74 Å². The number of H-pyrrole nitrogens is 1. The SMILES string of the molecule is CCCCNCCC(C)COc1c(-c2cccs2)c(=O)[nH]c2ccc(-c3ccccc3)cc12. The molecule has 4 nitrogen and oxygen atoms in total. The Balaban J connectivity index is 1.67. The number of aromatic nitrogens is 1. The van der Waals surface area contributed by atoms with Gasteiger partial charge in [0.05, 0.1) is 17.7 Å². The van der Waals surface area contributed by atoms with E-state index in [1.165, 1.54) is 12.8 Å². The van der Waals surface area contributed by atoms with Gasteiger partial charge in [-0.15, -0.1) is 11.3 Å². The summed E-state index contributed by atoms with van der Waals surface area (Å²) in [6, 6.07) is 20.4. The Kier molecular flexibility index (Phi) is 7.97. The number of hydrogen-bond acceptors (Lipinski definition) is 4. The van der Waals surface area contributed by atoms with Crippen molar-refractivity contribution in [1.82, 2.24) is 10.3 Å². The molecule has 0 fully saturated rings. The predicted molar refractivity (Wildman–Crippen MR) is 140 cm³/mol. The van der Waals surface area contributed by atoms with Crippen molar-refractivity contribution in [2.45, 2.75) is 33.1 Å². The van der Waals surface area contributed by atoms with Gasteiger partial charge in [0.15, 0.2) is 0 Å². The van der Waals surface area contributed by atoms with Gasteiger partial charge < -0.3 is 15.0 Å². The molecule has 0 saturated heterocycles. The van der Waals surface area contributed by atoms with Crippen LogP contribution in [-0.4, -0.2) is 24.7 Å². The Labute approximate surface area is 199 Å². The minimum absolute atomic E-state index is 0.110. The van der Waals surface area contributed by atoms with Crippen LogP contribution in [-0.2, 0) is 0 Å². The maximum Gasteiger partial charge on any atom is 0.260 e.